The summed E-state index contributed by atoms with van der Waals surface area (Å²) in [6.07, 6.45) is 4.81. The van der Waals surface area contributed by atoms with Crippen LogP contribution in [0, 0.1) is 5.82 Å². The van der Waals surface area contributed by atoms with Crippen molar-refractivity contribution in [1.29, 1.82) is 0 Å². The molecule has 0 unspecified atom stereocenters. The number of carbonyl (C=O) groups excluding carboxylic acids is 1. The van der Waals surface area contributed by atoms with E-state index in [0.29, 0.717) is 11.3 Å². The van der Waals surface area contributed by atoms with Gasteiger partial charge < -0.3 is 0 Å². The number of carbonyl (C=O) groups is 1. The van der Waals surface area contributed by atoms with Gasteiger partial charge in [0.25, 0.3) is 0 Å². The van der Waals surface area contributed by atoms with E-state index in [1.54, 1.807) is 12.4 Å². The second kappa shape index (κ2) is 4.61. The molecule has 1 aromatic carbocycles. The first-order valence-corrected chi connectivity index (χ1v) is 4.79. The molecule has 0 amide bonds. The minimum absolute atomic E-state index is 0.0968. The Kier molecular flexibility index (Phi) is 3.00. The molecule has 1 aromatic heterocycles. The number of aromatic nitrogens is 2. The van der Waals surface area contributed by atoms with Gasteiger partial charge in [-0.2, -0.15) is 0 Å². The van der Waals surface area contributed by atoms with Gasteiger partial charge in [0.15, 0.2) is 5.78 Å². The Bertz CT molecular complexity index is 482. The number of benzene rings is 1. The fraction of sp³-hybridized carbons (Fsp3) is 0.0833. The van der Waals surface area contributed by atoms with Crippen LogP contribution in [0.25, 0.3) is 0 Å². The summed E-state index contributed by atoms with van der Waals surface area (Å²) in [5.41, 5.74) is 1.09. The van der Waals surface area contributed by atoms with Crippen LogP contribution in [0.15, 0.2) is 42.9 Å². The number of hydrogen-bond donors (Lipinski definition) is 0. The predicted octanol–water partition coefficient (Wildman–Crippen LogP) is 2.04. The van der Waals surface area contributed by atoms with Crippen molar-refractivity contribution in [2.45, 2.75) is 6.42 Å². The van der Waals surface area contributed by atoms with Gasteiger partial charge in [0.05, 0.1) is 12.1 Å². The zero-order valence-electron chi connectivity index (χ0n) is 8.43. The summed E-state index contributed by atoms with van der Waals surface area (Å²) in [7, 11) is 0. The topological polar surface area (TPSA) is 42.9 Å². The van der Waals surface area contributed by atoms with E-state index in [1.165, 1.54) is 30.5 Å². The van der Waals surface area contributed by atoms with Crippen LogP contribution in [0.2, 0.25) is 0 Å². The van der Waals surface area contributed by atoms with Crippen molar-refractivity contribution in [3.63, 3.8) is 0 Å². The lowest BCUT2D eigenvalue weighted by Gasteiger charge is -2.00. The van der Waals surface area contributed by atoms with E-state index < -0.39 is 0 Å². The second-order valence-corrected chi connectivity index (χ2v) is 3.30. The third kappa shape index (κ3) is 2.48. The highest BCUT2D eigenvalue weighted by atomic mass is 19.1. The molecule has 16 heavy (non-hydrogen) atoms. The molecule has 0 atom stereocenters. The summed E-state index contributed by atoms with van der Waals surface area (Å²) in [5.74, 6) is -0.448. The molecule has 0 spiro atoms. The van der Waals surface area contributed by atoms with Gasteiger partial charge in [0.2, 0.25) is 0 Å². The van der Waals surface area contributed by atoms with Crippen LogP contribution in [-0.2, 0) is 6.42 Å². The SMILES string of the molecule is O=C(Cc1cnccn1)c1ccc(F)cc1. The molecule has 80 valence electrons. The molecule has 4 heteroatoms. The van der Waals surface area contributed by atoms with Gasteiger partial charge in [-0.3, -0.25) is 14.8 Å². The molecule has 0 N–H and O–H groups in total. The lowest BCUT2D eigenvalue weighted by Crippen LogP contribution is -2.05. The number of hydrogen-bond acceptors (Lipinski definition) is 3. The lowest BCUT2D eigenvalue weighted by atomic mass is 10.1. The Morgan fingerprint density at radius 1 is 1.19 bits per heavy atom. The van der Waals surface area contributed by atoms with Crippen molar-refractivity contribution in [2.75, 3.05) is 0 Å². The van der Waals surface area contributed by atoms with Gasteiger partial charge in [-0.25, -0.2) is 4.39 Å². The van der Waals surface area contributed by atoms with E-state index >= 15 is 0 Å². The maximum Gasteiger partial charge on any atom is 0.168 e. The number of Topliss-reactive ketones (excluding diaryl/α,β-unsaturated/α-hetero) is 1. The Morgan fingerprint density at radius 2 is 1.94 bits per heavy atom. The molecule has 0 radical (unpaired) electrons. The average molecular weight is 216 g/mol. The molecule has 3 nitrogen and oxygen atoms in total. The first-order valence-electron chi connectivity index (χ1n) is 4.79. The van der Waals surface area contributed by atoms with Gasteiger partial charge in [-0.05, 0) is 24.3 Å². The third-order valence-corrected chi connectivity index (χ3v) is 2.12. The third-order valence-electron chi connectivity index (χ3n) is 2.12. The molecular weight excluding hydrogens is 207 g/mol. The number of rotatable bonds is 3. The van der Waals surface area contributed by atoms with E-state index in [-0.39, 0.29) is 18.0 Å². The number of halogens is 1. The number of nitrogens with zero attached hydrogens (tertiary/aromatic N) is 2. The zero-order valence-corrected chi connectivity index (χ0v) is 8.43. The first-order chi connectivity index (χ1) is 7.75. The summed E-state index contributed by atoms with van der Waals surface area (Å²) in [5, 5.41) is 0. The van der Waals surface area contributed by atoms with Crippen molar-refractivity contribution < 1.29 is 9.18 Å². The van der Waals surface area contributed by atoms with Crippen LogP contribution < -0.4 is 0 Å². The van der Waals surface area contributed by atoms with E-state index in [1.807, 2.05) is 0 Å². The second-order valence-electron chi connectivity index (χ2n) is 3.30. The molecule has 0 fully saturated rings. The zero-order chi connectivity index (χ0) is 11.4. The molecular formula is C12H9FN2O. The molecule has 2 aromatic rings. The minimum atomic E-state index is -0.351. The van der Waals surface area contributed by atoms with E-state index in [4.69, 9.17) is 0 Å². The molecule has 1 heterocycles. The van der Waals surface area contributed by atoms with E-state index in [0.717, 1.165) is 0 Å². The van der Waals surface area contributed by atoms with Crippen LogP contribution in [-0.4, -0.2) is 15.8 Å². The van der Waals surface area contributed by atoms with Crippen LogP contribution in [0.5, 0.6) is 0 Å². The summed E-state index contributed by atoms with van der Waals surface area (Å²) < 4.78 is 12.6. The Morgan fingerprint density at radius 3 is 2.56 bits per heavy atom. The van der Waals surface area contributed by atoms with Crippen molar-refractivity contribution in [3.8, 4) is 0 Å². The fourth-order valence-corrected chi connectivity index (χ4v) is 1.32. The minimum Gasteiger partial charge on any atom is -0.294 e. The van der Waals surface area contributed by atoms with Gasteiger partial charge in [-0.15, -0.1) is 0 Å². The lowest BCUT2D eigenvalue weighted by molar-refractivity contribution is 0.0992. The van der Waals surface area contributed by atoms with Crippen LogP contribution >= 0.6 is 0 Å². The number of ketones is 1. The molecule has 0 aliphatic heterocycles. The average Bonchev–Trinajstić information content (AvgIpc) is 2.31. The van der Waals surface area contributed by atoms with Crippen LogP contribution in [0.3, 0.4) is 0 Å². The Balaban J connectivity index is 2.12. The predicted molar refractivity (Wildman–Crippen MR) is 56.5 cm³/mol. The van der Waals surface area contributed by atoms with Crippen LogP contribution in [0.1, 0.15) is 16.1 Å². The van der Waals surface area contributed by atoms with E-state index in [2.05, 4.69) is 9.97 Å². The molecule has 0 saturated heterocycles. The summed E-state index contributed by atoms with van der Waals surface area (Å²) in [6.45, 7) is 0. The summed E-state index contributed by atoms with van der Waals surface area (Å²) in [4.78, 5) is 19.6. The quantitative estimate of drug-likeness (QED) is 0.737. The summed E-state index contributed by atoms with van der Waals surface area (Å²) >= 11 is 0. The molecule has 0 bridgehead atoms. The molecule has 0 saturated carbocycles. The highest BCUT2D eigenvalue weighted by molar-refractivity contribution is 5.97. The highest BCUT2D eigenvalue weighted by Gasteiger charge is 2.07. The highest BCUT2D eigenvalue weighted by Crippen LogP contribution is 2.06. The standard InChI is InChI=1S/C12H9FN2O/c13-10-3-1-9(2-4-10)12(16)7-11-8-14-5-6-15-11/h1-6,8H,7H2. The summed E-state index contributed by atoms with van der Waals surface area (Å²) in [6, 6.07) is 5.47. The van der Waals surface area contributed by atoms with E-state index in [9.17, 15) is 9.18 Å². The largest absolute Gasteiger partial charge is 0.294 e. The monoisotopic (exact) mass is 216 g/mol. The van der Waals surface area contributed by atoms with Gasteiger partial charge in [0, 0.05) is 24.2 Å². The Labute approximate surface area is 92.0 Å². The van der Waals surface area contributed by atoms with Gasteiger partial charge in [-0.1, -0.05) is 0 Å². The molecule has 0 aliphatic rings. The normalized spacial score (nSPS) is 10.1. The van der Waals surface area contributed by atoms with Crippen LogP contribution in [0.4, 0.5) is 4.39 Å². The van der Waals surface area contributed by atoms with Crippen molar-refractivity contribution in [2.24, 2.45) is 0 Å². The smallest absolute Gasteiger partial charge is 0.168 e. The fourth-order valence-electron chi connectivity index (χ4n) is 1.32. The maximum absolute atomic E-state index is 12.6. The van der Waals surface area contributed by atoms with Crippen molar-refractivity contribution in [3.05, 3.63) is 59.9 Å². The van der Waals surface area contributed by atoms with Crippen molar-refractivity contribution in [1.82, 2.24) is 9.97 Å². The Hall–Kier alpha value is -2.10. The maximum atomic E-state index is 12.6. The molecule has 2 rings (SSSR count). The first kappa shape index (κ1) is 10.4. The van der Waals surface area contributed by atoms with Crippen molar-refractivity contribution >= 4 is 5.78 Å². The molecule has 0 aliphatic carbocycles. The van der Waals surface area contributed by atoms with Gasteiger partial charge >= 0.3 is 0 Å². The van der Waals surface area contributed by atoms with Gasteiger partial charge in [0.1, 0.15) is 5.82 Å².